The van der Waals surface area contributed by atoms with E-state index in [2.05, 4.69) is 39.9 Å². The zero-order chi connectivity index (χ0) is 12.4. The smallest absolute Gasteiger partial charge is 0.0622 e. The van der Waals surface area contributed by atoms with Crippen LogP contribution in [0.2, 0.25) is 0 Å². The van der Waals surface area contributed by atoms with Crippen molar-refractivity contribution in [3.63, 3.8) is 0 Å². The van der Waals surface area contributed by atoms with Crippen LogP contribution in [0.4, 0.5) is 0 Å². The Hall–Kier alpha value is -0.0800. The fourth-order valence-corrected chi connectivity index (χ4v) is 1.57. The van der Waals surface area contributed by atoms with Gasteiger partial charge in [-0.25, -0.2) is 0 Å². The fraction of sp³-hybridized carbons (Fsp3) is 1.00. The molecule has 0 heterocycles. The molecule has 0 fully saturated rings. The molecule has 16 heavy (non-hydrogen) atoms. The van der Waals surface area contributed by atoms with Crippen LogP contribution in [-0.2, 0) is 4.74 Å². The number of rotatable bonds is 10. The topological polar surface area (TPSA) is 21.3 Å². The van der Waals surface area contributed by atoms with Gasteiger partial charge in [0.1, 0.15) is 0 Å². The van der Waals surface area contributed by atoms with Crippen LogP contribution >= 0.6 is 0 Å². The van der Waals surface area contributed by atoms with Crippen molar-refractivity contribution in [2.45, 2.75) is 59.9 Å². The number of hydrogen-bond acceptors (Lipinski definition) is 2. The minimum Gasteiger partial charge on any atom is -0.380 e. The summed E-state index contributed by atoms with van der Waals surface area (Å²) in [6.45, 7) is 14.1. The van der Waals surface area contributed by atoms with Gasteiger partial charge in [0, 0.05) is 12.6 Å². The molecule has 2 atom stereocenters. The summed E-state index contributed by atoms with van der Waals surface area (Å²) < 4.78 is 5.76. The number of hydrogen-bond donors (Lipinski definition) is 1. The van der Waals surface area contributed by atoms with Crippen molar-refractivity contribution in [1.29, 1.82) is 0 Å². The molecule has 2 unspecified atom stereocenters. The molecule has 2 heteroatoms. The predicted octanol–water partition coefficient (Wildman–Crippen LogP) is 3.46. The third kappa shape index (κ3) is 8.12. The summed E-state index contributed by atoms with van der Waals surface area (Å²) >= 11 is 0. The minimum absolute atomic E-state index is 0.525. The van der Waals surface area contributed by atoms with Crippen LogP contribution < -0.4 is 5.32 Å². The number of ether oxygens (including phenoxy) is 1. The standard InChI is InChI=1S/C14H31NO/c1-6-9-15-14(13(5)7-2)11-16-10-8-12(3)4/h12-15H,6-11H2,1-5H3. The molecular formula is C14H31NO. The lowest BCUT2D eigenvalue weighted by atomic mass is 10.00. The highest BCUT2D eigenvalue weighted by molar-refractivity contribution is 4.71. The highest BCUT2D eigenvalue weighted by Crippen LogP contribution is 2.09. The maximum absolute atomic E-state index is 5.76. The van der Waals surface area contributed by atoms with E-state index in [1.807, 2.05) is 0 Å². The van der Waals surface area contributed by atoms with Crippen molar-refractivity contribution in [2.75, 3.05) is 19.8 Å². The summed E-state index contributed by atoms with van der Waals surface area (Å²) in [5, 5.41) is 3.58. The van der Waals surface area contributed by atoms with Crippen molar-refractivity contribution in [2.24, 2.45) is 11.8 Å². The summed E-state index contributed by atoms with van der Waals surface area (Å²) in [5.74, 6) is 1.44. The van der Waals surface area contributed by atoms with Gasteiger partial charge in [0.05, 0.1) is 6.61 Å². The third-order valence-electron chi connectivity index (χ3n) is 3.12. The first-order valence-corrected chi connectivity index (χ1v) is 6.92. The van der Waals surface area contributed by atoms with Gasteiger partial charge in [-0.1, -0.05) is 41.0 Å². The van der Waals surface area contributed by atoms with E-state index in [-0.39, 0.29) is 0 Å². The molecule has 0 saturated carbocycles. The lowest BCUT2D eigenvalue weighted by molar-refractivity contribution is 0.0872. The Kier molecular flexibility index (Phi) is 10.0. The molecule has 0 aromatic carbocycles. The molecule has 2 nitrogen and oxygen atoms in total. The highest BCUT2D eigenvalue weighted by atomic mass is 16.5. The zero-order valence-electron chi connectivity index (χ0n) is 11.9. The molecule has 0 aliphatic heterocycles. The highest BCUT2D eigenvalue weighted by Gasteiger charge is 2.14. The third-order valence-corrected chi connectivity index (χ3v) is 3.12. The lowest BCUT2D eigenvalue weighted by Gasteiger charge is -2.24. The second kappa shape index (κ2) is 10.1. The second-order valence-corrected chi connectivity index (χ2v) is 5.20. The van der Waals surface area contributed by atoms with E-state index in [0.717, 1.165) is 25.7 Å². The van der Waals surface area contributed by atoms with Gasteiger partial charge in [-0.3, -0.25) is 0 Å². The van der Waals surface area contributed by atoms with E-state index in [9.17, 15) is 0 Å². The van der Waals surface area contributed by atoms with E-state index in [0.29, 0.717) is 12.0 Å². The summed E-state index contributed by atoms with van der Waals surface area (Å²) in [6.07, 6.45) is 3.58. The molecule has 0 rings (SSSR count). The van der Waals surface area contributed by atoms with Crippen molar-refractivity contribution in [3.05, 3.63) is 0 Å². The van der Waals surface area contributed by atoms with Crippen molar-refractivity contribution in [3.8, 4) is 0 Å². The predicted molar refractivity (Wildman–Crippen MR) is 71.8 cm³/mol. The fourth-order valence-electron chi connectivity index (χ4n) is 1.57. The first-order valence-electron chi connectivity index (χ1n) is 6.92. The Morgan fingerprint density at radius 3 is 2.31 bits per heavy atom. The molecule has 1 N–H and O–H groups in total. The van der Waals surface area contributed by atoms with Gasteiger partial charge in [-0.05, 0) is 31.2 Å². The Morgan fingerprint density at radius 2 is 1.81 bits per heavy atom. The van der Waals surface area contributed by atoms with Gasteiger partial charge in [-0.2, -0.15) is 0 Å². The van der Waals surface area contributed by atoms with Crippen LogP contribution in [0.5, 0.6) is 0 Å². The minimum atomic E-state index is 0.525. The second-order valence-electron chi connectivity index (χ2n) is 5.20. The molecule has 0 aliphatic rings. The summed E-state index contributed by atoms with van der Waals surface area (Å²) in [4.78, 5) is 0. The van der Waals surface area contributed by atoms with Crippen molar-refractivity contribution < 1.29 is 4.74 Å². The molecule has 0 amide bonds. The molecule has 0 aliphatic carbocycles. The maximum atomic E-state index is 5.76. The molecule has 0 aromatic heterocycles. The Morgan fingerprint density at radius 1 is 1.12 bits per heavy atom. The summed E-state index contributed by atoms with van der Waals surface area (Å²) in [5.41, 5.74) is 0. The van der Waals surface area contributed by atoms with Gasteiger partial charge in [-0.15, -0.1) is 0 Å². The Balaban J connectivity index is 3.73. The van der Waals surface area contributed by atoms with Crippen LogP contribution in [0.3, 0.4) is 0 Å². The normalized spacial score (nSPS) is 15.4. The van der Waals surface area contributed by atoms with Crippen LogP contribution in [0.25, 0.3) is 0 Å². The monoisotopic (exact) mass is 229 g/mol. The molecular weight excluding hydrogens is 198 g/mol. The van der Waals surface area contributed by atoms with Crippen LogP contribution in [0, 0.1) is 11.8 Å². The van der Waals surface area contributed by atoms with E-state index in [1.165, 1.54) is 19.3 Å². The maximum Gasteiger partial charge on any atom is 0.0622 e. The molecule has 0 spiro atoms. The van der Waals surface area contributed by atoms with Gasteiger partial charge < -0.3 is 10.1 Å². The average molecular weight is 229 g/mol. The molecule has 0 aromatic rings. The lowest BCUT2D eigenvalue weighted by Crippen LogP contribution is -2.39. The Bertz CT molecular complexity index is 148. The van der Waals surface area contributed by atoms with Gasteiger partial charge >= 0.3 is 0 Å². The van der Waals surface area contributed by atoms with E-state index in [1.54, 1.807) is 0 Å². The molecule has 0 bridgehead atoms. The largest absolute Gasteiger partial charge is 0.380 e. The average Bonchev–Trinajstić information content (AvgIpc) is 2.26. The van der Waals surface area contributed by atoms with Crippen LogP contribution in [-0.4, -0.2) is 25.8 Å². The molecule has 98 valence electrons. The first-order chi connectivity index (χ1) is 7.61. The number of nitrogens with one attached hydrogen (secondary N) is 1. The van der Waals surface area contributed by atoms with Crippen LogP contribution in [0.15, 0.2) is 0 Å². The summed E-state index contributed by atoms with van der Waals surface area (Å²) in [6, 6.07) is 0.525. The van der Waals surface area contributed by atoms with E-state index in [4.69, 9.17) is 4.74 Å². The van der Waals surface area contributed by atoms with Gasteiger partial charge in [0.15, 0.2) is 0 Å². The summed E-state index contributed by atoms with van der Waals surface area (Å²) in [7, 11) is 0. The SMILES string of the molecule is CCCNC(COCCC(C)C)C(C)CC. The van der Waals surface area contributed by atoms with E-state index < -0.39 is 0 Å². The Labute approximate surface area is 102 Å². The first kappa shape index (κ1) is 15.9. The van der Waals surface area contributed by atoms with Crippen LogP contribution in [0.1, 0.15) is 53.9 Å². The van der Waals surface area contributed by atoms with Crippen molar-refractivity contribution in [1.82, 2.24) is 5.32 Å². The molecule has 0 radical (unpaired) electrons. The van der Waals surface area contributed by atoms with E-state index >= 15 is 0 Å². The zero-order valence-corrected chi connectivity index (χ0v) is 11.9. The quantitative estimate of drug-likeness (QED) is 0.579. The van der Waals surface area contributed by atoms with Gasteiger partial charge in [0.25, 0.3) is 0 Å². The van der Waals surface area contributed by atoms with Crippen molar-refractivity contribution >= 4 is 0 Å². The van der Waals surface area contributed by atoms with Gasteiger partial charge in [0.2, 0.25) is 0 Å². The molecule has 0 saturated heterocycles.